The van der Waals surface area contributed by atoms with E-state index in [1.807, 2.05) is 7.05 Å². The molecule has 1 amide bonds. The second-order valence-electron chi connectivity index (χ2n) is 7.29. The van der Waals surface area contributed by atoms with E-state index in [1.165, 1.54) is 25.5 Å². The van der Waals surface area contributed by atoms with Gasteiger partial charge in [-0.1, -0.05) is 6.42 Å². The van der Waals surface area contributed by atoms with E-state index < -0.39 is 0 Å². The third-order valence-electron chi connectivity index (χ3n) is 5.81. The fraction of sp³-hybridized carbons (Fsp3) is 0.667. The van der Waals surface area contributed by atoms with Crippen molar-refractivity contribution in [2.24, 2.45) is 5.92 Å². The van der Waals surface area contributed by atoms with Crippen LogP contribution < -0.4 is 5.32 Å². The summed E-state index contributed by atoms with van der Waals surface area (Å²) in [4.78, 5) is 20.3. The first kappa shape index (κ1) is 16.9. The molecule has 3 aliphatic rings. The van der Waals surface area contributed by atoms with Gasteiger partial charge in [0.05, 0.1) is 18.9 Å². The number of carbonyl (C=O) groups is 1. The molecule has 3 fully saturated rings. The molecule has 6 nitrogen and oxygen atoms in total. The molecule has 0 bridgehead atoms. The molecule has 2 saturated heterocycles. The minimum atomic E-state index is -0.370. The van der Waals surface area contributed by atoms with Gasteiger partial charge in [-0.25, -0.2) is 4.39 Å². The number of hydrogen-bond donors (Lipinski definition) is 1. The van der Waals surface area contributed by atoms with Crippen LogP contribution in [-0.4, -0.2) is 59.8 Å². The second-order valence-corrected chi connectivity index (χ2v) is 7.29. The molecule has 136 valence electrons. The summed E-state index contributed by atoms with van der Waals surface area (Å²) in [5, 5.41) is 3.46. The average Bonchev–Trinajstić information content (AvgIpc) is 2.56. The summed E-state index contributed by atoms with van der Waals surface area (Å²) in [6, 6.07) is 1.32. The quantitative estimate of drug-likeness (QED) is 0.897. The van der Waals surface area contributed by atoms with E-state index in [-0.39, 0.29) is 36.6 Å². The topological polar surface area (TPSA) is 57.7 Å². The zero-order valence-electron chi connectivity index (χ0n) is 14.5. The number of hydrogen-bond acceptors (Lipinski definition) is 5. The van der Waals surface area contributed by atoms with E-state index in [0.717, 1.165) is 13.1 Å². The minimum absolute atomic E-state index is 0.0247. The van der Waals surface area contributed by atoms with Gasteiger partial charge < -0.3 is 9.64 Å². The van der Waals surface area contributed by atoms with Crippen molar-refractivity contribution in [2.45, 2.75) is 44.1 Å². The molecule has 1 N–H and O–H groups in total. The van der Waals surface area contributed by atoms with Gasteiger partial charge in [-0.2, -0.15) is 0 Å². The number of morpholine rings is 1. The smallest absolute Gasteiger partial charge is 0.226 e. The van der Waals surface area contributed by atoms with Gasteiger partial charge >= 0.3 is 0 Å². The van der Waals surface area contributed by atoms with E-state index >= 15 is 0 Å². The summed E-state index contributed by atoms with van der Waals surface area (Å²) < 4.78 is 20.1. The van der Waals surface area contributed by atoms with E-state index in [0.29, 0.717) is 18.1 Å². The van der Waals surface area contributed by atoms with Crippen molar-refractivity contribution in [3.63, 3.8) is 0 Å². The van der Waals surface area contributed by atoms with E-state index in [1.54, 1.807) is 17.2 Å². The summed E-state index contributed by atoms with van der Waals surface area (Å²) in [6.45, 7) is 2.26. The van der Waals surface area contributed by atoms with Crippen LogP contribution in [0.2, 0.25) is 0 Å². The van der Waals surface area contributed by atoms with Gasteiger partial charge in [-0.05, 0) is 24.8 Å². The third kappa shape index (κ3) is 3.28. The monoisotopic (exact) mass is 348 g/mol. The molecule has 2 aliphatic heterocycles. The van der Waals surface area contributed by atoms with Crippen molar-refractivity contribution in [3.05, 3.63) is 29.8 Å². The van der Waals surface area contributed by atoms with Crippen molar-refractivity contribution in [2.75, 3.05) is 26.7 Å². The molecule has 25 heavy (non-hydrogen) atoms. The van der Waals surface area contributed by atoms with Crippen molar-refractivity contribution < 1.29 is 13.9 Å². The molecule has 3 atom stereocenters. The van der Waals surface area contributed by atoms with Gasteiger partial charge in [-0.15, -0.1) is 0 Å². The molecule has 1 aliphatic carbocycles. The van der Waals surface area contributed by atoms with Crippen LogP contribution in [0.25, 0.3) is 0 Å². The number of ether oxygens (including phenoxy) is 1. The number of pyridine rings is 1. The van der Waals surface area contributed by atoms with E-state index in [9.17, 15) is 9.18 Å². The predicted molar refractivity (Wildman–Crippen MR) is 89.9 cm³/mol. The van der Waals surface area contributed by atoms with Crippen molar-refractivity contribution in [1.29, 1.82) is 0 Å². The minimum Gasteiger partial charge on any atom is -0.375 e. The van der Waals surface area contributed by atoms with Gasteiger partial charge in [0.1, 0.15) is 12.1 Å². The fourth-order valence-electron chi connectivity index (χ4n) is 4.04. The molecule has 1 aromatic rings. The highest BCUT2D eigenvalue weighted by Gasteiger charge is 2.40. The Labute approximate surface area is 147 Å². The van der Waals surface area contributed by atoms with Crippen molar-refractivity contribution in [1.82, 2.24) is 20.1 Å². The summed E-state index contributed by atoms with van der Waals surface area (Å²) >= 11 is 0. The van der Waals surface area contributed by atoms with Crippen LogP contribution in [0.1, 0.15) is 37.3 Å². The number of halogens is 1. The average molecular weight is 348 g/mol. The van der Waals surface area contributed by atoms with Crippen molar-refractivity contribution >= 4 is 5.91 Å². The van der Waals surface area contributed by atoms with Crippen molar-refractivity contribution in [3.8, 4) is 0 Å². The number of carbonyl (C=O) groups excluding carboxylic acids is 1. The molecule has 1 saturated carbocycles. The van der Waals surface area contributed by atoms with E-state index in [4.69, 9.17) is 4.74 Å². The number of aromatic nitrogens is 1. The highest BCUT2D eigenvalue weighted by atomic mass is 19.1. The highest BCUT2D eigenvalue weighted by Crippen LogP contribution is 2.34. The Hall–Kier alpha value is -1.57. The van der Waals surface area contributed by atoms with Crippen LogP contribution in [-0.2, 0) is 9.53 Å². The Morgan fingerprint density at radius 2 is 2.24 bits per heavy atom. The second kappa shape index (κ2) is 6.97. The zero-order valence-corrected chi connectivity index (χ0v) is 14.5. The summed E-state index contributed by atoms with van der Waals surface area (Å²) in [5.41, 5.74) is 0.505. The van der Waals surface area contributed by atoms with Crippen LogP contribution in [0.4, 0.5) is 4.39 Å². The molecule has 3 heterocycles. The van der Waals surface area contributed by atoms with Gasteiger partial charge in [0, 0.05) is 44.4 Å². The molecule has 1 aromatic heterocycles. The number of nitrogens with one attached hydrogen (secondary N) is 1. The maximum Gasteiger partial charge on any atom is 0.226 e. The van der Waals surface area contributed by atoms with Gasteiger partial charge in [0.25, 0.3) is 0 Å². The van der Waals surface area contributed by atoms with Gasteiger partial charge in [0.2, 0.25) is 5.91 Å². The predicted octanol–water partition coefficient (Wildman–Crippen LogP) is 1.50. The normalized spacial score (nSPS) is 31.8. The maximum absolute atomic E-state index is 14.1. The molecular formula is C18H25FN4O2. The van der Waals surface area contributed by atoms with Crippen LogP contribution in [0.3, 0.4) is 0 Å². The van der Waals surface area contributed by atoms with Gasteiger partial charge in [-0.3, -0.25) is 20.0 Å². The zero-order chi connectivity index (χ0) is 17.4. The molecule has 7 heteroatoms. The van der Waals surface area contributed by atoms with Crippen LogP contribution in [0, 0.1) is 11.7 Å². The Balaban J connectivity index is 1.51. The Kier molecular flexibility index (Phi) is 4.71. The fourth-order valence-corrected chi connectivity index (χ4v) is 4.04. The first-order chi connectivity index (χ1) is 12.1. The Morgan fingerprint density at radius 1 is 1.40 bits per heavy atom. The Morgan fingerprint density at radius 3 is 2.96 bits per heavy atom. The van der Waals surface area contributed by atoms with Crippen LogP contribution >= 0.6 is 0 Å². The maximum atomic E-state index is 14.1. The largest absolute Gasteiger partial charge is 0.375 e. The van der Waals surface area contributed by atoms with E-state index in [2.05, 4.69) is 15.2 Å². The number of nitrogens with zero attached hydrogens (tertiary/aromatic N) is 3. The van der Waals surface area contributed by atoms with Crippen LogP contribution in [0.15, 0.2) is 18.5 Å². The SMILES string of the molecule is CN1C(=O)CC(c2ccncc2F)NC1N1CCOC(C2CCC2)C1. The lowest BCUT2D eigenvalue weighted by Gasteiger charge is -2.48. The first-order valence-electron chi connectivity index (χ1n) is 9.10. The molecule has 3 unspecified atom stereocenters. The first-order valence-corrected chi connectivity index (χ1v) is 9.10. The highest BCUT2D eigenvalue weighted by molar-refractivity contribution is 5.78. The molecule has 0 aromatic carbocycles. The molecule has 0 radical (unpaired) electrons. The summed E-state index contributed by atoms with van der Waals surface area (Å²) in [6.07, 6.45) is 6.79. The molecular weight excluding hydrogens is 323 g/mol. The standard InChI is InChI=1S/C18H25FN4O2/c1-22-17(24)9-15(13-5-6-20-10-14(13)19)21-18(22)23-7-8-25-16(11-23)12-3-2-4-12/h5-6,10,12,15-16,18,21H,2-4,7-9,11H2,1H3. The Bertz CT molecular complexity index is 639. The summed E-state index contributed by atoms with van der Waals surface area (Å²) in [5.74, 6) is 0.294. The lowest BCUT2D eigenvalue weighted by atomic mass is 9.80. The molecule has 0 spiro atoms. The van der Waals surface area contributed by atoms with Gasteiger partial charge in [0.15, 0.2) is 0 Å². The summed E-state index contributed by atoms with van der Waals surface area (Å²) in [7, 11) is 1.81. The third-order valence-corrected chi connectivity index (χ3v) is 5.81. The number of amides is 1. The number of rotatable bonds is 3. The lowest BCUT2D eigenvalue weighted by Crippen LogP contribution is -2.65. The lowest BCUT2D eigenvalue weighted by molar-refractivity contribution is -0.153. The molecule has 4 rings (SSSR count). The van der Waals surface area contributed by atoms with Crippen LogP contribution in [0.5, 0.6) is 0 Å².